The number of hydrogen-bond donors (Lipinski definition) is 2. The van der Waals surface area contributed by atoms with Gasteiger partial charge in [0, 0.05) is 41.8 Å². The van der Waals surface area contributed by atoms with Crippen LogP contribution in [0.25, 0.3) is 0 Å². The van der Waals surface area contributed by atoms with Crippen LogP contribution in [0.4, 0.5) is 0 Å². The second-order valence-corrected chi connectivity index (χ2v) is 7.94. The van der Waals surface area contributed by atoms with E-state index in [1.54, 1.807) is 0 Å². The highest BCUT2D eigenvalue weighted by atomic mass is 35.5. The molecule has 2 heterocycles. The molecule has 0 saturated carbocycles. The van der Waals surface area contributed by atoms with Crippen LogP contribution in [0.15, 0.2) is 0 Å². The molecule has 106 valence electrons. The van der Waals surface area contributed by atoms with Gasteiger partial charge in [-0.3, -0.25) is 4.79 Å². The third-order valence-electron chi connectivity index (χ3n) is 3.39. The number of nitrogens with one attached hydrogen (secondary N) is 2. The van der Waals surface area contributed by atoms with Crippen molar-refractivity contribution in [3.63, 3.8) is 0 Å². The minimum absolute atomic E-state index is 0. The fourth-order valence-electron chi connectivity index (χ4n) is 2.31. The Morgan fingerprint density at radius 3 is 2.94 bits per heavy atom. The van der Waals surface area contributed by atoms with Gasteiger partial charge >= 0.3 is 0 Å². The van der Waals surface area contributed by atoms with E-state index in [1.807, 2.05) is 23.5 Å². The van der Waals surface area contributed by atoms with E-state index in [2.05, 4.69) is 17.6 Å². The molecular formula is C12H23ClN2OS2. The standard InChI is InChI=1S/C12H22N2OS2.ClH/c1-12(3-2-5-17-12)9-14-11(15)7-10-8-16-6-4-13-10;/h10,13H,2-9H2,1H3,(H,14,15);1H. The molecule has 0 aromatic heterocycles. The van der Waals surface area contributed by atoms with Crippen LogP contribution >= 0.6 is 35.9 Å². The maximum absolute atomic E-state index is 11.8. The van der Waals surface area contributed by atoms with Crippen LogP contribution in [0.5, 0.6) is 0 Å². The normalized spacial score (nSPS) is 31.7. The van der Waals surface area contributed by atoms with Gasteiger partial charge in [-0.15, -0.1) is 12.4 Å². The van der Waals surface area contributed by atoms with Crippen LogP contribution in [-0.4, -0.2) is 47.0 Å². The number of hydrogen-bond acceptors (Lipinski definition) is 4. The quantitative estimate of drug-likeness (QED) is 0.832. The molecule has 0 spiro atoms. The molecule has 6 heteroatoms. The lowest BCUT2D eigenvalue weighted by Gasteiger charge is -2.25. The van der Waals surface area contributed by atoms with Crippen LogP contribution in [0, 0.1) is 0 Å². The van der Waals surface area contributed by atoms with E-state index >= 15 is 0 Å². The lowest BCUT2D eigenvalue weighted by atomic mass is 10.1. The molecule has 0 aliphatic carbocycles. The van der Waals surface area contributed by atoms with Crippen molar-refractivity contribution in [1.82, 2.24) is 10.6 Å². The van der Waals surface area contributed by atoms with E-state index in [1.165, 1.54) is 24.3 Å². The Hall–Kier alpha value is 0.420. The van der Waals surface area contributed by atoms with Crippen molar-refractivity contribution in [3.05, 3.63) is 0 Å². The zero-order valence-electron chi connectivity index (χ0n) is 10.9. The van der Waals surface area contributed by atoms with E-state index < -0.39 is 0 Å². The molecular weight excluding hydrogens is 288 g/mol. The summed E-state index contributed by atoms with van der Waals surface area (Å²) in [4.78, 5) is 11.8. The second-order valence-electron chi connectivity index (χ2n) is 5.11. The van der Waals surface area contributed by atoms with Gasteiger partial charge in [-0.2, -0.15) is 23.5 Å². The Morgan fingerprint density at radius 2 is 2.33 bits per heavy atom. The molecule has 0 aromatic carbocycles. The van der Waals surface area contributed by atoms with Gasteiger partial charge in [0.15, 0.2) is 0 Å². The van der Waals surface area contributed by atoms with Crippen molar-refractivity contribution in [2.24, 2.45) is 0 Å². The molecule has 0 bridgehead atoms. The number of halogens is 1. The smallest absolute Gasteiger partial charge is 0.221 e. The molecule has 2 N–H and O–H groups in total. The van der Waals surface area contributed by atoms with Crippen LogP contribution in [0.3, 0.4) is 0 Å². The molecule has 0 radical (unpaired) electrons. The van der Waals surface area contributed by atoms with Gasteiger partial charge in [0.1, 0.15) is 0 Å². The fraction of sp³-hybridized carbons (Fsp3) is 0.917. The molecule has 1 amide bonds. The minimum atomic E-state index is 0. The summed E-state index contributed by atoms with van der Waals surface area (Å²) in [5.74, 6) is 3.69. The second kappa shape index (κ2) is 7.88. The fourth-order valence-corrected chi connectivity index (χ4v) is 4.50. The lowest BCUT2D eigenvalue weighted by Crippen LogP contribution is -2.43. The first-order chi connectivity index (χ1) is 8.18. The van der Waals surface area contributed by atoms with Gasteiger partial charge < -0.3 is 10.6 Å². The highest BCUT2D eigenvalue weighted by molar-refractivity contribution is 8.00. The molecule has 2 fully saturated rings. The first-order valence-corrected chi connectivity index (χ1v) is 8.54. The Morgan fingerprint density at radius 1 is 1.50 bits per heavy atom. The maximum Gasteiger partial charge on any atom is 0.221 e. The third-order valence-corrected chi connectivity index (χ3v) is 6.06. The van der Waals surface area contributed by atoms with Gasteiger partial charge in [-0.05, 0) is 25.5 Å². The predicted molar refractivity (Wildman–Crippen MR) is 84.1 cm³/mol. The SMILES string of the molecule is CC1(CNC(=O)CC2CSCCN2)CCCS1.Cl. The van der Waals surface area contributed by atoms with Crippen LogP contribution in [0.1, 0.15) is 26.2 Å². The van der Waals surface area contributed by atoms with Gasteiger partial charge in [0.05, 0.1) is 0 Å². The Bertz CT molecular complexity index is 267. The number of amides is 1. The largest absolute Gasteiger partial charge is 0.355 e. The maximum atomic E-state index is 11.8. The average Bonchev–Trinajstić information content (AvgIpc) is 2.76. The van der Waals surface area contributed by atoms with Gasteiger partial charge in [0.2, 0.25) is 5.91 Å². The summed E-state index contributed by atoms with van der Waals surface area (Å²) in [7, 11) is 0. The Balaban J connectivity index is 0.00000162. The molecule has 0 aromatic rings. The summed E-state index contributed by atoms with van der Waals surface area (Å²) < 4.78 is 0.282. The number of carbonyl (C=O) groups excluding carboxylic acids is 1. The molecule has 18 heavy (non-hydrogen) atoms. The van der Waals surface area contributed by atoms with Crippen molar-refractivity contribution in [2.45, 2.75) is 37.0 Å². The summed E-state index contributed by atoms with van der Waals surface area (Å²) in [5, 5.41) is 6.50. The summed E-state index contributed by atoms with van der Waals surface area (Å²) >= 11 is 3.94. The van der Waals surface area contributed by atoms with E-state index in [-0.39, 0.29) is 23.1 Å². The zero-order valence-corrected chi connectivity index (χ0v) is 13.3. The molecule has 2 aliphatic rings. The van der Waals surface area contributed by atoms with Crippen LogP contribution in [-0.2, 0) is 4.79 Å². The Kier molecular flexibility index (Phi) is 7.21. The Labute approximate surface area is 124 Å². The topological polar surface area (TPSA) is 41.1 Å². The summed E-state index contributed by atoms with van der Waals surface area (Å²) in [6.07, 6.45) is 3.15. The minimum Gasteiger partial charge on any atom is -0.355 e. The van der Waals surface area contributed by atoms with Gasteiger partial charge in [-0.1, -0.05) is 0 Å². The van der Waals surface area contributed by atoms with E-state index in [0.717, 1.165) is 18.8 Å². The summed E-state index contributed by atoms with van der Waals surface area (Å²) in [6.45, 7) is 4.13. The third kappa shape index (κ3) is 5.19. The average molecular weight is 311 g/mol. The molecule has 2 aliphatic heterocycles. The number of thioether (sulfide) groups is 2. The van der Waals surface area contributed by atoms with Crippen molar-refractivity contribution in [3.8, 4) is 0 Å². The molecule has 2 atom stereocenters. The summed E-state index contributed by atoms with van der Waals surface area (Å²) in [6, 6.07) is 0.373. The number of rotatable bonds is 4. The molecule has 2 rings (SSSR count). The van der Waals surface area contributed by atoms with Crippen molar-refractivity contribution in [2.75, 3.05) is 30.3 Å². The van der Waals surface area contributed by atoms with Crippen LogP contribution < -0.4 is 10.6 Å². The van der Waals surface area contributed by atoms with Crippen LogP contribution in [0.2, 0.25) is 0 Å². The molecule has 2 unspecified atom stereocenters. The van der Waals surface area contributed by atoms with Gasteiger partial charge in [-0.25, -0.2) is 0 Å². The van der Waals surface area contributed by atoms with E-state index in [9.17, 15) is 4.79 Å². The van der Waals surface area contributed by atoms with Gasteiger partial charge in [0.25, 0.3) is 0 Å². The summed E-state index contributed by atoms with van der Waals surface area (Å²) in [5.41, 5.74) is 0. The highest BCUT2D eigenvalue weighted by Gasteiger charge is 2.30. The first kappa shape index (κ1) is 16.5. The van der Waals surface area contributed by atoms with Crippen molar-refractivity contribution < 1.29 is 4.79 Å². The first-order valence-electron chi connectivity index (χ1n) is 6.40. The zero-order chi connectivity index (χ0) is 12.1. The lowest BCUT2D eigenvalue weighted by molar-refractivity contribution is -0.121. The highest BCUT2D eigenvalue weighted by Crippen LogP contribution is 2.36. The number of carbonyl (C=O) groups is 1. The molecule has 2 saturated heterocycles. The van der Waals surface area contributed by atoms with E-state index in [4.69, 9.17) is 0 Å². The molecule has 3 nitrogen and oxygen atoms in total. The monoisotopic (exact) mass is 310 g/mol. The predicted octanol–water partition coefficient (Wildman–Crippen LogP) is 1.91. The van der Waals surface area contributed by atoms with E-state index in [0.29, 0.717) is 12.5 Å². The van der Waals surface area contributed by atoms with Crippen molar-refractivity contribution in [1.29, 1.82) is 0 Å². The van der Waals surface area contributed by atoms with Crippen molar-refractivity contribution >= 4 is 41.8 Å².